The van der Waals surface area contributed by atoms with Crippen molar-refractivity contribution in [1.82, 2.24) is 10.2 Å². The zero-order valence-corrected chi connectivity index (χ0v) is 27.4. The number of amides is 2. The number of benzene rings is 2. The number of hydrogen-bond acceptors (Lipinski definition) is 4. The number of likely N-dealkylation sites (N-methyl/N-ethyl adjacent to an activating group) is 1. The van der Waals surface area contributed by atoms with Crippen LogP contribution in [0.4, 0.5) is 10.1 Å². The van der Waals surface area contributed by atoms with Crippen LogP contribution in [0.25, 0.3) is 0 Å². The summed E-state index contributed by atoms with van der Waals surface area (Å²) in [5, 5.41) is 5.72. The van der Waals surface area contributed by atoms with Crippen LogP contribution in [0.15, 0.2) is 103 Å². The molecule has 0 radical (unpaired) electrons. The molecule has 0 fully saturated rings. The van der Waals surface area contributed by atoms with Gasteiger partial charge in [-0.25, -0.2) is 4.39 Å². The van der Waals surface area contributed by atoms with E-state index in [2.05, 4.69) is 42.0 Å². The highest BCUT2D eigenvalue weighted by molar-refractivity contribution is 6.30. The summed E-state index contributed by atoms with van der Waals surface area (Å²) in [5.41, 5.74) is 2.74. The van der Waals surface area contributed by atoms with E-state index >= 15 is 0 Å². The Balaban J connectivity index is 0.00000474. The smallest absolute Gasteiger partial charge is 0.269 e. The van der Waals surface area contributed by atoms with Crippen molar-refractivity contribution in [3.05, 3.63) is 125 Å². The van der Waals surface area contributed by atoms with Crippen LogP contribution in [0, 0.1) is 5.82 Å². The van der Waals surface area contributed by atoms with Crippen LogP contribution in [0.1, 0.15) is 69.6 Å². The van der Waals surface area contributed by atoms with Gasteiger partial charge in [0.25, 0.3) is 5.91 Å². The minimum atomic E-state index is -0.665. The Kier molecular flexibility index (Phi) is 18.8. The molecule has 6 nitrogen and oxygen atoms in total. The van der Waals surface area contributed by atoms with Crippen LogP contribution >= 0.6 is 11.6 Å². The number of nitrogens with one attached hydrogen (secondary N) is 2. The normalized spacial score (nSPS) is 12.7. The molecule has 238 valence electrons. The standard InChI is InChI=1S/C34H41ClFN3O3.C2H6/c1-6-8-9-10-11-15-19-27(26-17-13-12-14-18-26)25(3)38-29(7-2)34(41)39(4)23-16-20-31(42-5)32-30(37-24-40)22-21-28(35)33(32)36;1-2/h6-14,17-18,21-22,24,27,31,38H,1,3,15-16,19-20,23H2,2,4-5H3,(H,37,40);1-2H3/b9-8-,11-10-,29-7-;. The minimum absolute atomic E-state index is 0.00323. The molecular formula is C36H47ClFN3O3. The number of allylic oxidation sites excluding steroid dienone is 7. The molecule has 0 saturated carbocycles. The molecule has 44 heavy (non-hydrogen) atoms. The highest BCUT2D eigenvalue weighted by Crippen LogP contribution is 2.35. The Bertz CT molecular complexity index is 1290. The average Bonchev–Trinajstić information content (AvgIpc) is 3.05. The summed E-state index contributed by atoms with van der Waals surface area (Å²) in [6.07, 6.45) is 13.7. The Morgan fingerprint density at radius 2 is 1.82 bits per heavy atom. The Morgan fingerprint density at radius 3 is 2.43 bits per heavy atom. The van der Waals surface area contributed by atoms with E-state index in [-0.39, 0.29) is 22.4 Å². The van der Waals surface area contributed by atoms with Gasteiger partial charge in [0.05, 0.1) is 16.8 Å². The third-order valence-corrected chi connectivity index (χ3v) is 7.11. The largest absolute Gasteiger partial charge is 0.377 e. The molecule has 0 aliphatic rings. The van der Waals surface area contributed by atoms with Crippen molar-refractivity contribution in [3.8, 4) is 0 Å². The lowest BCUT2D eigenvalue weighted by molar-refractivity contribution is -0.126. The lowest BCUT2D eigenvalue weighted by atomic mass is 9.91. The van der Waals surface area contributed by atoms with E-state index in [0.717, 1.165) is 24.1 Å². The summed E-state index contributed by atoms with van der Waals surface area (Å²) in [5.74, 6) is -0.835. The molecule has 0 spiro atoms. The summed E-state index contributed by atoms with van der Waals surface area (Å²) in [6, 6.07) is 13.0. The molecule has 0 heterocycles. The van der Waals surface area contributed by atoms with Crippen molar-refractivity contribution >= 4 is 29.6 Å². The summed E-state index contributed by atoms with van der Waals surface area (Å²) in [6.45, 7) is 14.2. The molecule has 2 atom stereocenters. The van der Waals surface area contributed by atoms with Crippen LogP contribution < -0.4 is 10.6 Å². The van der Waals surface area contributed by atoms with Gasteiger partial charge in [-0.3, -0.25) is 9.59 Å². The Morgan fingerprint density at radius 1 is 1.11 bits per heavy atom. The molecule has 2 amide bonds. The van der Waals surface area contributed by atoms with Crippen molar-refractivity contribution in [2.45, 2.75) is 58.5 Å². The maximum atomic E-state index is 14.9. The molecule has 2 rings (SSSR count). The first-order valence-electron chi connectivity index (χ1n) is 14.9. The summed E-state index contributed by atoms with van der Waals surface area (Å²) in [4.78, 5) is 26.0. The van der Waals surface area contributed by atoms with Crippen molar-refractivity contribution in [2.24, 2.45) is 0 Å². The summed E-state index contributed by atoms with van der Waals surface area (Å²) < 4.78 is 20.4. The van der Waals surface area contributed by atoms with Crippen LogP contribution in [-0.2, 0) is 14.3 Å². The van der Waals surface area contributed by atoms with Crippen molar-refractivity contribution in [2.75, 3.05) is 26.0 Å². The van der Waals surface area contributed by atoms with Gasteiger partial charge in [0.1, 0.15) is 5.82 Å². The first-order valence-corrected chi connectivity index (χ1v) is 15.2. The van der Waals surface area contributed by atoms with Crippen LogP contribution in [0.5, 0.6) is 0 Å². The fourth-order valence-electron chi connectivity index (χ4n) is 4.59. The van der Waals surface area contributed by atoms with Gasteiger partial charge in [-0.15, -0.1) is 0 Å². The quantitative estimate of drug-likeness (QED) is 0.0988. The Labute approximate surface area is 268 Å². The van der Waals surface area contributed by atoms with Gasteiger partial charge in [0, 0.05) is 43.6 Å². The van der Waals surface area contributed by atoms with E-state index in [0.29, 0.717) is 37.2 Å². The highest BCUT2D eigenvalue weighted by atomic mass is 35.5. The topological polar surface area (TPSA) is 70.7 Å². The van der Waals surface area contributed by atoms with Crippen LogP contribution in [-0.4, -0.2) is 37.9 Å². The molecule has 0 aromatic heterocycles. The summed E-state index contributed by atoms with van der Waals surface area (Å²) >= 11 is 5.99. The molecule has 0 aliphatic carbocycles. The number of rotatable bonds is 18. The number of hydrogen-bond donors (Lipinski definition) is 2. The zero-order valence-electron chi connectivity index (χ0n) is 26.6. The van der Waals surface area contributed by atoms with Crippen LogP contribution in [0.2, 0.25) is 5.02 Å². The van der Waals surface area contributed by atoms with Gasteiger partial charge in [0.2, 0.25) is 6.41 Å². The first kappa shape index (κ1) is 38.1. The van der Waals surface area contributed by atoms with Gasteiger partial charge >= 0.3 is 0 Å². The predicted molar refractivity (Wildman–Crippen MR) is 182 cm³/mol. The second kappa shape index (κ2) is 21.7. The minimum Gasteiger partial charge on any atom is -0.377 e. The van der Waals surface area contributed by atoms with Gasteiger partial charge in [-0.05, 0) is 50.3 Å². The number of halogens is 2. The third-order valence-electron chi connectivity index (χ3n) is 6.81. The molecular weight excluding hydrogens is 577 g/mol. The predicted octanol–water partition coefficient (Wildman–Crippen LogP) is 8.87. The number of nitrogens with zero attached hydrogens (tertiary/aromatic N) is 1. The highest BCUT2D eigenvalue weighted by Gasteiger charge is 2.23. The van der Waals surface area contributed by atoms with Crippen LogP contribution in [0.3, 0.4) is 0 Å². The fourth-order valence-corrected chi connectivity index (χ4v) is 4.75. The fraction of sp³-hybridized carbons (Fsp3) is 0.333. The van der Waals surface area contributed by atoms with E-state index in [1.54, 1.807) is 31.0 Å². The van der Waals surface area contributed by atoms with E-state index in [4.69, 9.17) is 16.3 Å². The van der Waals surface area contributed by atoms with Crippen molar-refractivity contribution in [3.63, 3.8) is 0 Å². The van der Waals surface area contributed by atoms with Gasteiger partial charge < -0.3 is 20.3 Å². The van der Waals surface area contributed by atoms with E-state index < -0.39 is 11.9 Å². The van der Waals surface area contributed by atoms with E-state index in [1.165, 1.54) is 19.2 Å². The maximum Gasteiger partial charge on any atom is 0.269 e. The lowest BCUT2D eigenvalue weighted by Gasteiger charge is -2.25. The average molecular weight is 624 g/mol. The molecule has 2 aromatic carbocycles. The first-order chi connectivity index (χ1) is 21.3. The van der Waals surface area contributed by atoms with Gasteiger partial charge in [0.15, 0.2) is 0 Å². The van der Waals surface area contributed by atoms with Crippen molar-refractivity contribution < 1.29 is 18.7 Å². The number of anilines is 1. The molecule has 0 aliphatic heterocycles. The molecule has 2 N–H and O–H groups in total. The molecule has 0 bridgehead atoms. The molecule has 2 unspecified atom stereocenters. The number of methoxy groups -OCH3 is 1. The monoisotopic (exact) mass is 623 g/mol. The number of ether oxygens (including phenoxy) is 1. The second-order valence-corrected chi connectivity index (χ2v) is 10.0. The zero-order chi connectivity index (χ0) is 32.9. The lowest BCUT2D eigenvalue weighted by Crippen LogP contribution is -2.35. The molecule has 2 aromatic rings. The molecule has 0 saturated heterocycles. The summed E-state index contributed by atoms with van der Waals surface area (Å²) in [7, 11) is 3.18. The number of carbonyl (C=O) groups is 2. The second-order valence-electron chi connectivity index (χ2n) is 9.62. The molecule has 8 heteroatoms. The maximum absolute atomic E-state index is 14.9. The van der Waals surface area contributed by atoms with E-state index in [1.807, 2.05) is 50.3 Å². The van der Waals surface area contributed by atoms with E-state index in [9.17, 15) is 14.0 Å². The SMILES string of the molecule is C=C/C=C\C=C/CCC(C(=C)N/C(=C\C)C(=O)N(C)CCCC(OC)c1c(NC=O)ccc(Cl)c1F)c1ccccc1.CC. The third kappa shape index (κ3) is 12.0. The van der Waals surface area contributed by atoms with Crippen molar-refractivity contribution in [1.29, 1.82) is 0 Å². The Hall–Kier alpha value is -3.94. The number of carbonyl (C=O) groups excluding carboxylic acids is 2. The van der Waals surface area contributed by atoms with Gasteiger partial charge in [-0.1, -0.05) is 105 Å². The van der Waals surface area contributed by atoms with Gasteiger partial charge in [-0.2, -0.15) is 0 Å².